The van der Waals surface area contributed by atoms with Crippen LogP contribution in [0.4, 0.5) is 0 Å². The summed E-state index contributed by atoms with van der Waals surface area (Å²) < 4.78 is 0.890. The average Bonchev–Trinajstić information content (AvgIpc) is 1.95. The van der Waals surface area contributed by atoms with Gasteiger partial charge in [-0.1, -0.05) is 0 Å². The third kappa shape index (κ3) is 3.51. The molecule has 1 aliphatic heterocycles. The summed E-state index contributed by atoms with van der Waals surface area (Å²) in [5.74, 6) is 0.857. The van der Waals surface area contributed by atoms with Crippen molar-refractivity contribution in [3.05, 3.63) is 0 Å². The molecule has 0 aromatic heterocycles. The van der Waals surface area contributed by atoms with Crippen LogP contribution in [0.3, 0.4) is 0 Å². The summed E-state index contributed by atoms with van der Waals surface area (Å²) in [4.78, 5) is 2.57. The molecule has 13 heavy (non-hydrogen) atoms. The zero-order valence-electron chi connectivity index (χ0n) is 9.60. The first-order valence-corrected chi connectivity index (χ1v) is 6.23. The van der Waals surface area contributed by atoms with Crippen molar-refractivity contribution in [2.24, 2.45) is 5.92 Å². The Morgan fingerprint density at radius 2 is 1.77 bits per heavy atom. The number of halogens is 1. The molecule has 1 heterocycles. The molecule has 1 aliphatic rings. The molecule has 2 unspecified atom stereocenters. The molecular weight excluding hydrogens is 230 g/mol. The minimum Gasteiger partial charge on any atom is -1.00 e. The van der Waals surface area contributed by atoms with E-state index in [1.165, 1.54) is 31.1 Å². The molecule has 0 amide bonds. The molecule has 2 atom stereocenters. The van der Waals surface area contributed by atoms with Crippen LogP contribution in [-0.2, 0) is 18.3 Å². The quantitative estimate of drug-likeness (QED) is 0.395. The van der Waals surface area contributed by atoms with E-state index in [2.05, 4.69) is 32.7 Å². The molecule has 0 aromatic carbocycles. The Bertz CT molecular complexity index is 155. The molecule has 1 nitrogen and oxygen atoms in total. The van der Waals surface area contributed by atoms with E-state index in [1.54, 1.807) is 0 Å². The van der Waals surface area contributed by atoms with Gasteiger partial charge in [0, 0.05) is 0 Å². The van der Waals surface area contributed by atoms with Crippen LogP contribution in [0.2, 0.25) is 0 Å². The van der Waals surface area contributed by atoms with Crippen molar-refractivity contribution in [3.8, 4) is 0 Å². The van der Waals surface area contributed by atoms with E-state index in [1.807, 2.05) is 0 Å². The SMILES string of the molecule is CC1CC[CH]([Zn])N(C)C1(C)C.[Cl-].[Li+]. The van der Waals surface area contributed by atoms with Crippen molar-refractivity contribution < 1.29 is 49.6 Å². The summed E-state index contributed by atoms with van der Waals surface area (Å²) in [6.07, 6.45) is 2.84. The predicted molar refractivity (Wildman–Crippen MR) is 44.0 cm³/mol. The topological polar surface area (TPSA) is 3.24 Å². The van der Waals surface area contributed by atoms with Gasteiger partial charge in [-0.2, -0.15) is 0 Å². The van der Waals surface area contributed by atoms with E-state index in [0.717, 1.165) is 10.6 Å². The van der Waals surface area contributed by atoms with Crippen LogP contribution in [0.25, 0.3) is 0 Å². The maximum absolute atomic E-state index is 2.57. The third-order valence-corrected chi connectivity index (χ3v) is 5.60. The summed E-state index contributed by atoms with van der Waals surface area (Å²) in [5.41, 5.74) is 0.432. The van der Waals surface area contributed by atoms with Crippen LogP contribution in [0.15, 0.2) is 0 Å². The fourth-order valence-corrected chi connectivity index (χ4v) is 3.29. The Morgan fingerprint density at radius 1 is 1.31 bits per heavy atom. The summed E-state index contributed by atoms with van der Waals surface area (Å²) in [6, 6.07) is 0. The summed E-state index contributed by atoms with van der Waals surface area (Å²) in [7, 11) is 2.28. The molecule has 0 spiro atoms. The molecule has 0 aromatic rings. The fourth-order valence-electron chi connectivity index (χ4n) is 1.81. The van der Waals surface area contributed by atoms with E-state index in [4.69, 9.17) is 0 Å². The van der Waals surface area contributed by atoms with Crippen molar-refractivity contribution in [3.63, 3.8) is 0 Å². The molecule has 1 fully saturated rings. The van der Waals surface area contributed by atoms with Gasteiger partial charge in [0.1, 0.15) is 0 Å². The van der Waals surface area contributed by atoms with Gasteiger partial charge in [-0.3, -0.25) is 0 Å². The van der Waals surface area contributed by atoms with Gasteiger partial charge < -0.3 is 12.4 Å². The molecule has 0 bridgehead atoms. The molecule has 0 N–H and O–H groups in total. The standard InChI is InChI=1S/C9H18N.ClH.Li.Zn/c1-8-6-5-7-10(4)9(8,2)3;;;/h7-8H,5-6H2,1-4H3;1H;;/q;;+1;/p-1. The van der Waals surface area contributed by atoms with Gasteiger partial charge in [-0.15, -0.1) is 0 Å². The largest absolute Gasteiger partial charge is 1.00 e. The molecule has 0 saturated carbocycles. The molecule has 69 valence electrons. The first kappa shape index (κ1) is 16.9. The maximum atomic E-state index is 2.57. The van der Waals surface area contributed by atoms with Crippen molar-refractivity contribution >= 4 is 0 Å². The normalized spacial score (nSPS) is 33.1. The molecule has 1 rings (SSSR count). The molecule has 0 aliphatic carbocycles. The van der Waals surface area contributed by atoms with E-state index in [0.29, 0.717) is 5.54 Å². The first-order valence-electron chi connectivity index (χ1n) is 4.52. The van der Waals surface area contributed by atoms with Crippen molar-refractivity contribution in [2.75, 3.05) is 7.05 Å². The number of piperidine rings is 1. The van der Waals surface area contributed by atoms with Crippen molar-refractivity contribution in [1.29, 1.82) is 0 Å². The van der Waals surface area contributed by atoms with Gasteiger partial charge in [0.15, 0.2) is 0 Å². The van der Waals surface area contributed by atoms with Crippen LogP contribution in [0.1, 0.15) is 33.6 Å². The van der Waals surface area contributed by atoms with Gasteiger partial charge in [-0.05, 0) is 0 Å². The number of nitrogens with zero attached hydrogens (tertiary/aromatic N) is 1. The summed E-state index contributed by atoms with van der Waals surface area (Å²) >= 11 is 1.42. The second-order valence-electron chi connectivity index (χ2n) is 4.40. The number of hydrogen-bond donors (Lipinski definition) is 0. The Morgan fingerprint density at radius 3 is 2.15 bits per heavy atom. The minimum absolute atomic E-state index is 0. The molecule has 0 radical (unpaired) electrons. The zero-order valence-corrected chi connectivity index (χ0v) is 13.3. The fraction of sp³-hybridized carbons (Fsp3) is 1.00. The summed E-state index contributed by atoms with van der Waals surface area (Å²) in [5, 5.41) is 0. The van der Waals surface area contributed by atoms with Crippen LogP contribution < -0.4 is 31.3 Å². The Hall–Kier alpha value is 1.47. The predicted octanol–water partition coefficient (Wildman–Crippen LogP) is -3.99. The van der Waals surface area contributed by atoms with Gasteiger partial charge in [0.05, 0.1) is 0 Å². The second-order valence-corrected chi connectivity index (χ2v) is 6.37. The van der Waals surface area contributed by atoms with E-state index in [-0.39, 0.29) is 31.3 Å². The second kappa shape index (κ2) is 6.14. The van der Waals surface area contributed by atoms with Crippen LogP contribution in [0, 0.1) is 5.92 Å². The molecular formula is C9H18ClLiNZn. The number of rotatable bonds is 0. The number of hydrogen-bond acceptors (Lipinski definition) is 1. The van der Waals surface area contributed by atoms with Gasteiger partial charge >= 0.3 is 98.8 Å². The first-order chi connectivity index (χ1) is 4.96. The Kier molecular flexibility index (Phi) is 7.98. The number of likely N-dealkylation sites (tertiary alicyclic amines) is 1. The average molecular weight is 248 g/mol. The van der Waals surface area contributed by atoms with E-state index >= 15 is 0 Å². The van der Waals surface area contributed by atoms with E-state index in [9.17, 15) is 0 Å². The minimum atomic E-state index is 0. The Balaban J connectivity index is 0. The molecule has 1 saturated heterocycles. The van der Waals surface area contributed by atoms with Gasteiger partial charge in [-0.25, -0.2) is 0 Å². The summed E-state index contributed by atoms with van der Waals surface area (Å²) in [6.45, 7) is 7.13. The third-order valence-electron chi connectivity index (χ3n) is 3.60. The monoisotopic (exact) mass is 246 g/mol. The Labute approximate surface area is 111 Å². The zero-order chi connectivity index (χ0) is 8.65. The van der Waals surface area contributed by atoms with Crippen molar-refractivity contribution in [2.45, 2.75) is 43.8 Å². The van der Waals surface area contributed by atoms with Crippen LogP contribution in [0.5, 0.6) is 0 Å². The van der Waals surface area contributed by atoms with Crippen molar-refractivity contribution in [1.82, 2.24) is 4.90 Å². The van der Waals surface area contributed by atoms with E-state index < -0.39 is 0 Å². The van der Waals surface area contributed by atoms with Gasteiger partial charge in [0.2, 0.25) is 0 Å². The van der Waals surface area contributed by atoms with Crippen LogP contribution in [-0.4, -0.2) is 22.1 Å². The maximum Gasteiger partial charge on any atom is 1.00 e. The van der Waals surface area contributed by atoms with Gasteiger partial charge in [0.25, 0.3) is 0 Å². The molecule has 4 heteroatoms. The smallest absolute Gasteiger partial charge is 1.00 e. The van der Waals surface area contributed by atoms with Crippen LogP contribution >= 0.6 is 0 Å².